The van der Waals surface area contributed by atoms with E-state index in [2.05, 4.69) is 9.97 Å². The Hall–Kier alpha value is -4.17. The Kier molecular flexibility index (Phi) is 4.51. The van der Waals surface area contributed by atoms with Gasteiger partial charge in [-0.25, -0.2) is 9.78 Å². The fourth-order valence-electron chi connectivity index (χ4n) is 4.37. The second-order valence-corrected chi connectivity index (χ2v) is 8.21. The Bertz CT molecular complexity index is 1440. The number of aromatic amines is 1. The van der Waals surface area contributed by atoms with E-state index >= 15 is 0 Å². The van der Waals surface area contributed by atoms with Crippen molar-refractivity contribution in [1.82, 2.24) is 9.97 Å². The normalized spacial score (nSPS) is 17.5. The largest absolute Gasteiger partial charge is 0.465 e. The summed E-state index contributed by atoms with van der Waals surface area (Å²) in [6.07, 6.45) is -1.15. The van der Waals surface area contributed by atoms with Gasteiger partial charge in [0.25, 0.3) is 5.91 Å². The quantitative estimate of drug-likeness (QED) is 0.442. The molecule has 33 heavy (non-hydrogen) atoms. The van der Waals surface area contributed by atoms with Crippen LogP contribution >= 0.6 is 0 Å². The monoisotopic (exact) mass is 442 g/mol. The standard InChI is InChI=1S/C25H22N4O4/c1-14-7-6-10-21(15(14)2)29-22(30)17-8-4-5-9-18(17)25(29,33)16-11-12-19-20(13-16)27-23(26-19)28(3)24(31)32/h4-13,33H,1-3H3,(H,26,27)(H,31,32). The maximum Gasteiger partial charge on any atom is 0.413 e. The zero-order valence-electron chi connectivity index (χ0n) is 18.3. The van der Waals surface area contributed by atoms with Crippen LogP contribution in [-0.2, 0) is 5.72 Å². The Labute approximate surface area is 189 Å². The van der Waals surface area contributed by atoms with Crippen molar-refractivity contribution < 1.29 is 19.8 Å². The average Bonchev–Trinajstić information content (AvgIpc) is 3.33. The molecule has 0 saturated heterocycles. The predicted molar refractivity (Wildman–Crippen MR) is 125 cm³/mol. The van der Waals surface area contributed by atoms with Gasteiger partial charge in [-0.3, -0.25) is 14.6 Å². The van der Waals surface area contributed by atoms with E-state index < -0.39 is 11.8 Å². The number of rotatable bonds is 3. The zero-order valence-corrected chi connectivity index (χ0v) is 18.3. The maximum absolute atomic E-state index is 13.6. The lowest BCUT2D eigenvalue weighted by atomic mass is 9.92. The summed E-state index contributed by atoms with van der Waals surface area (Å²) in [4.78, 5) is 34.6. The molecule has 5 rings (SSSR count). The molecular weight excluding hydrogens is 420 g/mol. The lowest BCUT2D eigenvalue weighted by Crippen LogP contribution is -2.45. The minimum atomic E-state index is -1.76. The van der Waals surface area contributed by atoms with Gasteiger partial charge < -0.3 is 15.2 Å². The Morgan fingerprint density at radius 2 is 1.85 bits per heavy atom. The summed E-state index contributed by atoms with van der Waals surface area (Å²) in [6.45, 7) is 3.89. The summed E-state index contributed by atoms with van der Waals surface area (Å²) in [6, 6.07) is 17.8. The molecule has 3 N–H and O–H groups in total. The minimum absolute atomic E-state index is 0.163. The molecule has 4 aromatic rings. The molecule has 1 unspecified atom stereocenters. The van der Waals surface area contributed by atoms with Gasteiger partial charge in [0, 0.05) is 23.7 Å². The zero-order chi connectivity index (χ0) is 23.5. The van der Waals surface area contributed by atoms with Gasteiger partial charge in [0.15, 0.2) is 5.72 Å². The summed E-state index contributed by atoms with van der Waals surface area (Å²) in [5, 5.41) is 21.5. The highest BCUT2D eigenvalue weighted by Crippen LogP contribution is 2.46. The summed E-state index contributed by atoms with van der Waals surface area (Å²) in [5.41, 5.74) is 3.22. The number of hydrogen-bond donors (Lipinski definition) is 3. The van der Waals surface area contributed by atoms with E-state index in [1.54, 1.807) is 42.5 Å². The fourth-order valence-corrected chi connectivity index (χ4v) is 4.37. The molecule has 1 atom stereocenters. The van der Waals surface area contributed by atoms with Crippen LogP contribution in [0.1, 0.15) is 32.6 Å². The molecule has 0 bridgehead atoms. The van der Waals surface area contributed by atoms with E-state index in [0.717, 1.165) is 16.0 Å². The van der Waals surface area contributed by atoms with Crippen molar-refractivity contribution in [3.63, 3.8) is 0 Å². The second-order valence-electron chi connectivity index (χ2n) is 8.21. The van der Waals surface area contributed by atoms with Crippen LogP contribution in [0.15, 0.2) is 60.7 Å². The summed E-state index contributed by atoms with van der Waals surface area (Å²) < 4.78 is 0. The van der Waals surface area contributed by atoms with Crippen molar-refractivity contribution in [1.29, 1.82) is 0 Å². The average molecular weight is 442 g/mol. The van der Waals surface area contributed by atoms with Crippen LogP contribution in [0.2, 0.25) is 0 Å². The number of fused-ring (bicyclic) bond motifs is 2. The number of aryl methyl sites for hydroxylation is 1. The third-order valence-corrected chi connectivity index (χ3v) is 6.35. The highest BCUT2D eigenvalue weighted by atomic mass is 16.4. The van der Waals surface area contributed by atoms with Crippen LogP contribution in [0.3, 0.4) is 0 Å². The molecule has 2 heterocycles. The van der Waals surface area contributed by atoms with Crippen LogP contribution < -0.4 is 9.80 Å². The van der Waals surface area contributed by atoms with Crippen molar-refractivity contribution in [2.45, 2.75) is 19.6 Å². The van der Waals surface area contributed by atoms with Crippen molar-refractivity contribution >= 4 is 34.7 Å². The van der Waals surface area contributed by atoms with E-state index in [4.69, 9.17) is 0 Å². The smallest absolute Gasteiger partial charge is 0.413 e. The molecule has 3 aromatic carbocycles. The predicted octanol–water partition coefficient (Wildman–Crippen LogP) is 4.15. The van der Waals surface area contributed by atoms with Crippen molar-refractivity contribution in [3.05, 3.63) is 88.5 Å². The van der Waals surface area contributed by atoms with Gasteiger partial charge in [-0.05, 0) is 49.2 Å². The molecule has 166 valence electrons. The van der Waals surface area contributed by atoms with Crippen LogP contribution in [0, 0.1) is 13.8 Å². The maximum atomic E-state index is 13.6. The highest BCUT2D eigenvalue weighted by molar-refractivity contribution is 6.13. The number of imidazole rings is 1. The number of nitrogens with one attached hydrogen (secondary N) is 1. The van der Waals surface area contributed by atoms with Gasteiger partial charge in [-0.15, -0.1) is 0 Å². The number of aliphatic hydroxyl groups is 1. The number of nitrogens with zero attached hydrogens (tertiary/aromatic N) is 3. The Morgan fingerprint density at radius 1 is 1.09 bits per heavy atom. The number of H-pyrrole nitrogens is 1. The summed E-state index contributed by atoms with van der Waals surface area (Å²) in [5.74, 6) is -0.131. The third-order valence-electron chi connectivity index (χ3n) is 6.35. The van der Waals surface area contributed by atoms with Crippen molar-refractivity contribution in [2.24, 2.45) is 0 Å². The second kappa shape index (κ2) is 7.18. The van der Waals surface area contributed by atoms with E-state index in [1.165, 1.54) is 11.9 Å². The minimum Gasteiger partial charge on any atom is -0.465 e. The molecule has 8 heteroatoms. The number of benzene rings is 3. The van der Waals surface area contributed by atoms with Gasteiger partial charge in [0.2, 0.25) is 5.95 Å². The molecule has 0 spiro atoms. The summed E-state index contributed by atoms with van der Waals surface area (Å²) in [7, 11) is 1.39. The molecule has 8 nitrogen and oxygen atoms in total. The van der Waals surface area contributed by atoms with Gasteiger partial charge in [0.05, 0.1) is 16.7 Å². The number of anilines is 2. The van der Waals surface area contributed by atoms with Crippen molar-refractivity contribution in [3.8, 4) is 0 Å². The lowest BCUT2D eigenvalue weighted by Gasteiger charge is -2.36. The summed E-state index contributed by atoms with van der Waals surface area (Å²) >= 11 is 0. The highest BCUT2D eigenvalue weighted by Gasteiger charge is 2.51. The van der Waals surface area contributed by atoms with Gasteiger partial charge in [0.1, 0.15) is 0 Å². The van der Waals surface area contributed by atoms with E-state index in [0.29, 0.717) is 33.4 Å². The van der Waals surface area contributed by atoms with Gasteiger partial charge >= 0.3 is 6.09 Å². The molecule has 2 amide bonds. The first-order valence-electron chi connectivity index (χ1n) is 10.4. The van der Waals surface area contributed by atoms with Gasteiger partial charge in [-0.2, -0.15) is 0 Å². The third kappa shape index (κ3) is 2.91. The number of carbonyl (C=O) groups excluding carboxylic acids is 1. The molecule has 1 aliphatic rings. The number of carbonyl (C=O) groups is 2. The first-order valence-corrected chi connectivity index (χ1v) is 10.4. The SMILES string of the molecule is Cc1cccc(N2C(=O)c3ccccc3C2(O)c2ccc3nc(N(C)C(=O)O)[nH]c3c2)c1C. The van der Waals surface area contributed by atoms with Crippen LogP contribution in [0.25, 0.3) is 11.0 Å². The van der Waals surface area contributed by atoms with E-state index in [1.807, 2.05) is 32.0 Å². The Morgan fingerprint density at radius 3 is 2.61 bits per heavy atom. The molecule has 1 aromatic heterocycles. The van der Waals surface area contributed by atoms with Crippen LogP contribution in [0.5, 0.6) is 0 Å². The fraction of sp³-hybridized carbons (Fsp3) is 0.160. The molecule has 0 aliphatic carbocycles. The topological polar surface area (TPSA) is 110 Å². The van der Waals surface area contributed by atoms with Gasteiger partial charge in [-0.1, -0.05) is 36.4 Å². The first-order chi connectivity index (χ1) is 15.7. The van der Waals surface area contributed by atoms with Crippen LogP contribution in [0.4, 0.5) is 16.4 Å². The number of carboxylic acid groups (broad SMARTS) is 1. The molecule has 1 aliphatic heterocycles. The van der Waals surface area contributed by atoms with E-state index in [9.17, 15) is 19.8 Å². The number of hydrogen-bond acceptors (Lipinski definition) is 4. The lowest BCUT2D eigenvalue weighted by molar-refractivity contribution is 0.0703. The molecule has 0 saturated carbocycles. The van der Waals surface area contributed by atoms with E-state index in [-0.39, 0.29) is 11.9 Å². The molecule has 0 radical (unpaired) electrons. The Balaban J connectivity index is 1.74. The first kappa shape index (κ1) is 20.7. The number of aromatic nitrogens is 2. The number of amides is 2. The van der Waals surface area contributed by atoms with Crippen LogP contribution in [-0.4, -0.2) is 39.2 Å². The molecule has 0 fully saturated rings. The molecular formula is C25H22N4O4. The van der Waals surface area contributed by atoms with Crippen molar-refractivity contribution in [2.75, 3.05) is 16.8 Å².